The lowest BCUT2D eigenvalue weighted by Gasteiger charge is -2.12. The van der Waals surface area contributed by atoms with Gasteiger partial charge in [-0.05, 0) is 61.6 Å². The maximum atomic E-state index is 12.6. The lowest BCUT2D eigenvalue weighted by Crippen LogP contribution is -2.25. The average molecular weight is 498 g/mol. The lowest BCUT2D eigenvalue weighted by atomic mass is 10.1. The molecule has 3 aromatic carbocycles. The molecule has 6 nitrogen and oxygen atoms in total. The van der Waals surface area contributed by atoms with Crippen molar-refractivity contribution in [2.45, 2.75) is 38.6 Å². The van der Waals surface area contributed by atoms with Crippen LogP contribution >= 0.6 is 0 Å². The van der Waals surface area contributed by atoms with Gasteiger partial charge in [0.05, 0.1) is 30.3 Å². The van der Waals surface area contributed by atoms with Gasteiger partial charge in [-0.25, -0.2) is 4.98 Å². The molecule has 0 aliphatic heterocycles. The Kier molecular flexibility index (Phi) is 9.35. The van der Waals surface area contributed by atoms with E-state index in [-0.39, 0.29) is 5.91 Å². The standard InChI is InChI=1S/C31H35N3O3/c1-3-13-24-14-4-8-18-28(24)37-23-11-10-22-34-27-17-7-6-16-26(27)33-30(34)20-12-21-32-31(35)25-15-5-9-19-29(25)36-2/h3-9,14-19H,1,10-13,20-23H2,2H3,(H,32,35). The first-order chi connectivity index (χ1) is 18.2. The van der Waals surface area contributed by atoms with E-state index in [0.717, 1.165) is 66.8 Å². The third-order valence-corrected chi connectivity index (χ3v) is 6.32. The van der Waals surface area contributed by atoms with E-state index in [9.17, 15) is 4.79 Å². The number of methoxy groups -OCH3 is 1. The van der Waals surface area contributed by atoms with E-state index in [0.29, 0.717) is 24.5 Å². The Bertz CT molecular complexity index is 1330. The van der Waals surface area contributed by atoms with Gasteiger partial charge < -0.3 is 19.4 Å². The van der Waals surface area contributed by atoms with Crippen molar-refractivity contribution >= 4 is 16.9 Å². The summed E-state index contributed by atoms with van der Waals surface area (Å²) >= 11 is 0. The summed E-state index contributed by atoms with van der Waals surface area (Å²) in [5, 5.41) is 3.01. The number of benzene rings is 3. The zero-order valence-corrected chi connectivity index (χ0v) is 21.5. The van der Waals surface area contributed by atoms with E-state index in [4.69, 9.17) is 14.5 Å². The number of nitrogens with one attached hydrogen (secondary N) is 1. The van der Waals surface area contributed by atoms with Crippen molar-refractivity contribution in [3.8, 4) is 11.5 Å². The topological polar surface area (TPSA) is 65.4 Å². The van der Waals surface area contributed by atoms with Crippen molar-refractivity contribution in [2.75, 3.05) is 20.3 Å². The summed E-state index contributed by atoms with van der Waals surface area (Å²) in [4.78, 5) is 17.5. The van der Waals surface area contributed by atoms with Crippen molar-refractivity contribution < 1.29 is 14.3 Å². The second-order valence-corrected chi connectivity index (χ2v) is 8.88. The molecule has 1 N–H and O–H groups in total. The number of hydrogen-bond donors (Lipinski definition) is 1. The van der Waals surface area contributed by atoms with Crippen LogP contribution < -0.4 is 14.8 Å². The summed E-state index contributed by atoms with van der Waals surface area (Å²) in [5.41, 5.74) is 3.86. The number of ether oxygens (including phenoxy) is 2. The summed E-state index contributed by atoms with van der Waals surface area (Å²) < 4.78 is 13.7. The smallest absolute Gasteiger partial charge is 0.255 e. The number of unbranched alkanes of at least 4 members (excludes halogenated alkanes) is 1. The number of carbonyl (C=O) groups is 1. The molecule has 192 valence electrons. The summed E-state index contributed by atoms with van der Waals surface area (Å²) in [7, 11) is 1.57. The van der Waals surface area contributed by atoms with Crippen molar-refractivity contribution in [3.63, 3.8) is 0 Å². The number of fused-ring (bicyclic) bond motifs is 1. The maximum absolute atomic E-state index is 12.6. The third kappa shape index (κ3) is 6.79. The van der Waals surface area contributed by atoms with Gasteiger partial charge in [0.2, 0.25) is 0 Å². The van der Waals surface area contributed by atoms with Gasteiger partial charge in [-0.2, -0.15) is 0 Å². The number of rotatable bonds is 14. The molecule has 0 saturated heterocycles. The molecule has 0 spiro atoms. The van der Waals surface area contributed by atoms with Crippen molar-refractivity contribution in [1.29, 1.82) is 0 Å². The highest BCUT2D eigenvalue weighted by Crippen LogP contribution is 2.21. The van der Waals surface area contributed by atoms with Gasteiger partial charge in [0.25, 0.3) is 5.91 Å². The van der Waals surface area contributed by atoms with Crippen LogP contribution in [0, 0.1) is 0 Å². The van der Waals surface area contributed by atoms with Crippen LogP contribution in [-0.2, 0) is 19.4 Å². The zero-order valence-electron chi connectivity index (χ0n) is 21.5. The molecule has 0 fully saturated rings. The molecule has 0 unspecified atom stereocenters. The van der Waals surface area contributed by atoms with E-state index in [2.05, 4.69) is 40.7 Å². The molecule has 6 heteroatoms. The Hall–Kier alpha value is -4.06. The van der Waals surface area contributed by atoms with Crippen LogP contribution in [0.4, 0.5) is 0 Å². The number of carbonyl (C=O) groups excluding carboxylic acids is 1. The van der Waals surface area contributed by atoms with Crippen LogP contribution in [0.3, 0.4) is 0 Å². The van der Waals surface area contributed by atoms with Crippen LogP contribution in [0.2, 0.25) is 0 Å². The first kappa shape index (κ1) is 26.0. The molecule has 1 aromatic heterocycles. The van der Waals surface area contributed by atoms with Gasteiger partial charge in [0.15, 0.2) is 0 Å². The quantitative estimate of drug-likeness (QED) is 0.172. The minimum Gasteiger partial charge on any atom is -0.496 e. The molecule has 1 heterocycles. The Morgan fingerprint density at radius 1 is 0.973 bits per heavy atom. The molecule has 0 aliphatic rings. The molecular formula is C31H35N3O3. The van der Waals surface area contributed by atoms with E-state index < -0.39 is 0 Å². The number of nitrogens with zero attached hydrogens (tertiary/aromatic N) is 2. The monoisotopic (exact) mass is 497 g/mol. The Balaban J connectivity index is 1.30. The van der Waals surface area contributed by atoms with Crippen LogP contribution in [0.15, 0.2) is 85.5 Å². The Labute approximate surface area is 218 Å². The number of amides is 1. The first-order valence-electron chi connectivity index (χ1n) is 12.9. The molecule has 4 rings (SSSR count). The summed E-state index contributed by atoms with van der Waals surface area (Å²) in [6.45, 7) is 5.95. The molecule has 4 aromatic rings. The SMILES string of the molecule is C=CCc1ccccc1OCCCCn1c(CCCNC(=O)c2ccccc2OC)nc2ccccc21. The zero-order chi connectivity index (χ0) is 25.9. The molecule has 0 aliphatic carbocycles. The number of aromatic nitrogens is 2. The van der Waals surface area contributed by atoms with Crippen molar-refractivity contribution in [1.82, 2.24) is 14.9 Å². The van der Waals surface area contributed by atoms with Gasteiger partial charge >= 0.3 is 0 Å². The fraction of sp³-hybridized carbons (Fsp3) is 0.290. The van der Waals surface area contributed by atoms with E-state index in [1.807, 2.05) is 42.5 Å². The normalized spacial score (nSPS) is 10.8. The van der Waals surface area contributed by atoms with Crippen molar-refractivity contribution in [2.24, 2.45) is 0 Å². The van der Waals surface area contributed by atoms with Gasteiger partial charge in [-0.3, -0.25) is 4.79 Å². The highest BCUT2D eigenvalue weighted by molar-refractivity contribution is 5.96. The number of imidazole rings is 1. The Morgan fingerprint density at radius 2 is 1.73 bits per heavy atom. The molecule has 0 saturated carbocycles. The van der Waals surface area contributed by atoms with Gasteiger partial charge in [-0.15, -0.1) is 6.58 Å². The van der Waals surface area contributed by atoms with Gasteiger partial charge in [0, 0.05) is 19.5 Å². The minimum absolute atomic E-state index is 0.124. The number of allylic oxidation sites excluding steroid dienone is 1. The third-order valence-electron chi connectivity index (χ3n) is 6.32. The van der Waals surface area contributed by atoms with Crippen LogP contribution in [0.5, 0.6) is 11.5 Å². The van der Waals surface area contributed by atoms with Crippen LogP contribution in [-0.4, -0.2) is 35.7 Å². The molecule has 1 amide bonds. The van der Waals surface area contributed by atoms with Crippen LogP contribution in [0.1, 0.15) is 41.0 Å². The molecule has 0 atom stereocenters. The first-order valence-corrected chi connectivity index (χ1v) is 12.9. The average Bonchev–Trinajstić information content (AvgIpc) is 3.29. The van der Waals surface area contributed by atoms with E-state index in [1.54, 1.807) is 19.2 Å². The van der Waals surface area contributed by atoms with E-state index >= 15 is 0 Å². The molecular weight excluding hydrogens is 462 g/mol. The van der Waals surface area contributed by atoms with Gasteiger partial charge in [0.1, 0.15) is 17.3 Å². The Morgan fingerprint density at radius 3 is 2.57 bits per heavy atom. The highest BCUT2D eigenvalue weighted by Gasteiger charge is 2.13. The van der Waals surface area contributed by atoms with Gasteiger partial charge in [-0.1, -0.05) is 48.5 Å². The lowest BCUT2D eigenvalue weighted by molar-refractivity contribution is 0.0950. The van der Waals surface area contributed by atoms with Crippen molar-refractivity contribution in [3.05, 3.63) is 102 Å². The summed E-state index contributed by atoms with van der Waals surface area (Å²) in [5.74, 6) is 2.44. The fourth-order valence-electron chi connectivity index (χ4n) is 4.46. The molecule has 37 heavy (non-hydrogen) atoms. The van der Waals surface area contributed by atoms with E-state index in [1.165, 1.54) is 0 Å². The number of hydrogen-bond acceptors (Lipinski definition) is 4. The summed E-state index contributed by atoms with van der Waals surface area (Å²) in [6.07, 6.45) is 6.22. The number of para-hydroxylation sites is 4. The number of aryl methyl sites for hydroxylation is 2. The molecule has 0 bridgehead atoms. The summed E-state index contributed by atoms with van der Waals surface area (Å²) in [6, 6.07) is 23.6. The predicted molar refractivity (Wildman–Crippen MR) is 148 cm³/mol. The molecule has 0 radical (unpaired) electrons. The second-order valence-electron chi connectivity index (χ2n) is 8.88. The minimum atomic E-state index is -0.124. The second kappa shape index (κ2) is 13.3. The maximum Gasteiger partial charge on any atom is 0.255 e. The predicted octanol–water partition coefficient (Wildman–Crippen LogP) is 6.00. The van der Waals surface area contributed by atoms with Crippen LogP contribution in [0.25, 0.3) is 11.0 Å². The largest absolute Gasteiger partial charge is 0.496 e. The fourth-order valence-corrected chi connectivity index (χ4v) is 4.46. The highest BCUT2D eigenvalue weighted by atomic mass is 16.5.